The van der Waals surface area contributed by atoms with Gasteiger partial charge in [-0.15, -0.1) is 0 Å². The lowest BCUT2D eigenvalue weighted by atomic mass is 10.1. The molecule has 1 heterocycles. The molecule has 0 saturated heterocycles. The molecule has 0 aliphatic carbocycles. The van der Waals surface area contributed by atoms with E-state index in [1.54, 1.807) is 60.7 Å². The fraction of sp³-hybridized carbons (Fsp3) is 0. The summed E-state index contributed by atoms with van der Waals surface area (Å²) in [5.74, 6) is -0.404. The maximum Gasteiger partial charge on any atom is 0.280 e. The molecule has 3 aromatic carbocycles. The summed E-state index contributed by atoms with van der Waals surface area (Å²) in [6, 6.07) is 20.9. The molecule has 0 fully saturated rings. The Morgan fingerprint density at radius 2 is 1.69 bits per heavy atom. The van der Waals surface area contributed by atoms with Gasteiger partial charge in [0.15, 0.2) is 5.82 Å². The number of non-ortho nitro benzene ring substituents is 1. The van der Waals surface area contributed by atoms with Crippen LogP contribution in [0.4, 0.5) is 5.69 Å². The molecule has 8 nitrogen and oxygen atoms in total. The summed E-state index contributed by atoms with van der Waals surface area (Å²) in [5, 5.41) is 11.5. The predicted molar refractivity (Wildman–Crippen MR) is 108 cm³/mol. The molecule has 0 radical (unpaired) electrons. The number of carbonyl (C=O) groups is 1. The second-order valence-corrected chi connectivity index (χ2v) is 6.21. The number of hydrogen-bond donors (Lipinski definition) is 1. The molecule has 0 bridgehead atoms. The van der Waals surface area contributed by atoms with Gasteiger partial charge in [-0.25, -0.2) is 4.98 Å². The number of nitrogens with one attached hydrogen (secondary N) is 1. The van der Waals surface area contributed by atoms with Crippen molar-refractivity contribution >= 4 is 22.5 Å². The first-order valence-electron chi connectivity index (χ1n) is 8.67. The molecule has 8 heteroatoms. The van der Waals surface area contributed by atoms with E-state index in [9.17, 15) is 19.7 Å². The third-order valence-corrected chi connectivity index (χ3v) is 4.34. The van der Waals surface area contributed by atoms with E-state index in [2.05, 4.69) is 10.4 Å². The number of para-hydroxylation sites is 1. The van der Waals surface area contributed by atoms with E-state index in [1.165, 1.54) is 18.2 Å². The first-order valence-corrected chi connectivity index (χ1v) is 8.67. The minimum Gasteiger partial charge on any atom is -0.267 e. The van der Waals surface area contributed by atoms with E-state index in [0.717, 1.165) is 4.68 Å². The number of nitro groups is 1. The van der Waals surface area contributed by atoms with Crippen LogP contribution in [0.3, 0.4) is 0 Å². The van der Waals surface area contributed by atoms with Crippen LogP contribution in [0.1, 0.15) is 10.4 Å². The highest BCUT2D eigenvalue weighted by Gasteiger charge is 2.17. The van der Waals surface area contributed by atoms with Crippen molar-refractivity contribution in [2.24, 2.45) is 0 Å². The number of fused-ring (bicyclic) bond motifs is 1. The number of nitro benzene ring substituents is 1. The summed E-state index contributed by atoms with van der Waals surface area (Å²) in [4.78, 5) is 40.8. The third-order valence-electron chi connectivity index (χ3n) is 4.34. The highest BCUT2D eigenvalue weighted by atomic mass is 16.6. The summed E-state index contributed by atoms with van der Waals surface area (Å²) in [7, 11) is 0. The van der Waals surface area contributed by atoms with Crippen LogP contribution < -0.4 is 11.0 Å². The zero-order chi connectivity index (χ0) is 20.4. The van der Waals surface area contributed by atoms with E-state index in [1.807, 2.05) is 0 Å². The fourth-order valence-corrected chi connectivity index (χ4v) is 2.94. The molecule has 0 spiro atoms. The highest BCUT2D eigenvalue weighted by molar-refractivity contribution is 6.00. The molecule has 4 rings (SSSR count). The molecule has 0 saturated carbocycles. The van der Waals surface area contributed by atoms with Gasteiger partial charge in [-0.1, -0.05) is 42.5 Å². The third kappa shape index (κ3) is 3.46. The van der Waals surface area contributed by atoms with Crippen molar-refractivity contribution in [3.05, 3.63) is 105 Å². The Hall–Kier alpha value is -4.33. The molecule has 29 heavy (non-hydrogen) atoms. The van der Waals surface area contributed by atoms with Crippen molar-refractivity contribution in [1.29, 1.82) is 0 Å². The van der Waals surface area contributed by atoms with E-state index in [4.69, 9.17) is 0 Å². The minimum atomic E-state index is -0.532. The van der Waals surface area contributed by atoms with Gasteiger partial charge in [0.05, 0.1) is 15.8 Å². The zero-order valence-corrected chi connectivity index (χ0v) is 15.0. The van der Waals surface area contributed by atoms with Crippen molar-refractivity contribution in [2.45, 2.75) is 0 Å². The molecule has 0 aliphatic rings. The summed E-state index contributed by atoms with van der Waals surface area (Å²) in [6.07, 6.45) is 0. The van der Waals surface area contributed by atoms with Crippen LogP contribution in [0.25, 0.3) is 22.3 Å². The van der Waals surface area contributed by atoms with Gasteiger partial charge in [0.1, 0.15) is 0 Å². The molecule has 142 valence electrons. The molecule has 0 unspecified atom stereocenters. The summed E-state index contributed by atoms with van der Waals surface area (Å²) < 4.78 is 1.02. The molecule has 0 atom stereocenters. The topological polar surface area (TPSA) is 107 Å². The van der Waals surface area contributed by atoms with Crippen LogP contribution in [-0.2, 0) is 0 Å². The van der Waals surface area contributed by atoms with Crippen molar-refractivity contribution in [3.8, 4) is 11.4 Å². The Kier molecular flexibility index (Phi) is 4.58. The average Bonchev–Trinajstić information content (AvgIpc) is 2.76. The Morgan fingerprint density at radius 3 is 2.45 bits per heavy atom. The number of benzene rings is 3. The minimum absolute atomic E-state index is 0.0988. The van der Waals surface area contributed by atoms with Crippen molar-refractivity contribution in [3.63, 3.8) is 0 Å². The maximum atomic E-state index is 13.1. The van der Waals surface area contributed by atoms with E-state index in [0.29, 0.717) is 22.0 Å². The predicted octanol–water partition coefficient (Wildman–Crippen LogP) is 3.36. The van der Waals surface area contributed by atoms with Gasteiger partial charge < -0.3 is 0 Å². The van der Waals surface area contributed by atoms with Crippen LogP contribution >= 0.6 is 0 Å². The summed E-state index contributed by atoms with van der Waals surface area (Å²) in [5.41, 5.74) is 3.04. The van der Waals surface area contributed by atoms with E-state index in [-0.39, 0.29) is 11.5 Å². The Bertz CT molecular complexity index is 1300. The zero-order valence-electron chi connectivity index (χ0n) is 15.0. The van der Waals surface area contributed by atoms with Gasteiger partial charge in [-0.05, 0) is 24.3 Å². The summed E-state index contributed by atoms with van der Waals surface area (Å²) >= 11 is 0. The number of rotatable bonds is 4. The van der Waals surface area contributed by atoms with Crippen molar-refractivity contribution in [1.82, 2.24) is 9.66 Å². The number of carbonyl (C=O) groups excluding carboxylic acids is 1. The molecule has 0 aliphatic heterocycles. The van der Waals surface area contributed by atoms with E-state index < -0.39 is 16.4 Å². The van der Waals surface area contributed by atoms with Crippen LogP contribution in [-0.4, -0.2) is 20.5 Å². The normalized spacial score (nSPS) is 10.6. The van der Waals surface area contributed by atoms with Gasteiger partial charge in [-0.2, -0.15) is 4.68 Å². The van der Waals surface area contributed by atoms with Crippen LogP contribution in [0.5, 0.6) is 0 Å². The molecule has 1 aromatic heterocycles. The molecule has 1 amide bonds. The number of aromatic nitrogens is 2. The van der Waals surface area contributed by atoms with Gasteiger partial charge in [-0.3, -0.25) is 25.1 Å². The number of hydrogen-bond acceptors (Lipinski definition) is 5. The van der Waals surface area contributed by atoms with Crippen molar-refractivity contribution in [2.75, 3.05) is 5.43 Å². The lowest BCUT2D eigenvalue weighted by Gasteiger charge is -2.14. The molecular weight excluding hydrogens is 372 g/mol. The fourth-order valence-electron chi connectivity index (χ4n) is 2.94. The monoisotopic (exact) mass is 386 g/mol. The highest BCUT2D eigenvalue weighted by Crippen LogP contribution is 2.23. The standard InChI is InChI=1S/C21H14N4O4/c26-20(14-7-2-1-3-8-14)23-24-19(15-9-6-10-16(13-15)25(28)29)22-18-12-5-4-11-17(18)21(24)27/h1-13H,(H,23,26). The summed E-state index contributed by atoms with van der Waals surface area (Å²) in [6.45, 7) is 0. The van der Waals surface area contributed by atoms with Gasteiger partial charge in [0, 0.05) is 23.3 Å². The Balaban J connectivity index is 1.92. The lowest BCUT2D eigenvalue weighted by molar-refractivity contribution is -0.384. The molecule has 4 aromatic rings. The quantitative estimate of drug-likeness (QED) is 0.427. The van der Waals surface area contributed by atoms with Crippen molar-refractivity contribution < 1.29 is 9.72 Å². The molecule has 1 N–H and O–H groups in total. The first kappa shape index (κ1) is 18.1. The van der Waals surface area contributed by atoms with Crippen LogP contribution in [0.15, 0.2) is 83.7 Å². The largest absolute Gasteiger partial charge is 0.280 e. The first-order chi connectivity index (χ1) is 14.0. The van der Waals surface area contributed by atoms with Gasteiger partial charge in [0.2, 0.25) is 0 Å². The van der Waals surface area contributed by atoms with E-state index >= 15 is 0 Å². The van der Waals surface area contributed by atoms with Crippen LogP contribution in [0, 0.1) is 10.1 Å². The Labute approximate surface area is 164 Å². The number of amides is 1. The Morgan fingerprint density at radius 1 is 0.966 bits per heavy atom. The number of nitrogens with zero attached hydrogens (tertiary/aromatic N) is 3. The van der Waals surface area contributed by atoms with Gasteiger partial charge >= 0.3 is 0 Å². The average molecular weight is 386 g/mol. The van der Waals surface area contributed by atoms with Crippen LogP contribution in [0.2, 0.25) is 0 Å². The second-order valence-electron chi connectivity index (χ2n) is 6.21. The van der Waals surface area contributed by atoms with Gasteiger partial charge in [0.25, 0.3) is 17.2 Å². The smallest absolute Gasteiger partial charge is 0.267 e. The second kappa shape index (κ2) is 7.35. The lowest BCUT2D eigenvalue weighted by Crippen LogP contribution is -2.35. The molecular formula is C21H14N4O4. The SMILES string of the molecule is O=C(Nn1c(-c2cccc([N+](=O)[O-])c2)nc2ccccc2c1=O)c1ccccc1. The maximum absolute atomic E-state index is 13.1.